The van der Waals surface area contributed by atoms with Gasteiger partial charge in [0.05, 0.1) is 23.4 Å². The fraction of sp³-hybridized carbons (Fsp3) is 0.303. The molecule has 0 aliphatic heterocycles. The van der Waals surface area contributed by atoms with E-state index in [0.717, 1.165) is 10.8 Å². The molecule has 1 aromatic heterocycles. The average molecular weight is 634 g/mol. The fourth-order valence-corrected chi connectivity index (χ4v) is 5.94. The number of hydrogen-bond donors (Lipinski definition) is 4. The number of pyridine rings is 1. The van der Waals surface area contributed by atoms with E-state index in [1.807, 2.05) is 45.0 Å². The quantitative estimate of drug-likeness (QED) is 0.155. The molecule has 0 aliphatic rings. The van der Waals surface area contributed by atoms with Gasteiger partial charge in [0.1, 0.15) is 11.9 Å². The van der Waals surface area contributed by atoms with Crippen molar-refractivity contribution < 1.29 is 27.5 Å². The lowest BCUT2D eigenvalue weighted by molar-refractivity contribution is -0.122. The number of anilines is 3. The summed E-state index contributed by atoms with van der Waals surface area (Å²) in [5, 5.41) is 10.5. The van der Waals surface area contributed by atoms with Crippen molar-refractivity contribution in [2.45, 2.75) is 58.2 Å². The Morgan fingerprint density at radius 3 is 2.40 bits per heavy atom. The fourth-order valence-electron chi connectivity index (χ4n) is 4.82. The topological polar surface area (TPSA) is 162 Å². The molecular formula is C33H39N5O6S. The van der Waals surface area contributed by atoms with Crippen LogP contribution < -0.4 is 31.2 Å². The number of aromatic nitrogens is 1. The zero-order chi connectivity index (χ0) is 32.7. The van der Waals surface area contributed by atoms with Crippen LogP contribution in [0.15, 0.2) is 71.8 Å². The smallest absolute Gasteiger partial charge is 0.247 e. The number of fused-ring (bicyclic) bond motifs is 1. The van der Waals surface area contributed by atoms with Gasteiger partial charge in [-0.05, 0) is 91.9 Å². The maximum Gasteiger partial charge on any atom is 0.247 e. The first-order chi connectivity index (χ1) is 21.4. The summed E-state index contributed by atoms with van der Waals surface area (Å²) in [4.78, 5) is 29.9. The van der Waals surface area contributed by atoms with Gasteiger partial charge in [-0.3, -0.25) is 9.59 Å². The zero-order valence-electron chi connectivity index (χ0n) is 26.0. The Bertz CT molecular complexity index is 1810. The summed E-state index contributed by atoms with van der Waals surface area (Å²) in [7, 11) is -3.62. The number of sulfone groups is 1. The van der Waals surface area contributed by atoms with Gasteiger partial charge in [-0.1, -0.05) is 13.0 Å². The number of rotatable bonds is 13. The molecule has 4 aromatic rings. The summed E-state index contributed by atoms with van der Waals surface area (Å²) in [5.41, 5.74) is 8.05. The first kappa shape index (κ1) is 33.1. The average Bonchev–Trinajstić information content (AvgIpc) is 2.99. The van der Waals surface area contributed by atoms with Crippen LogP contribution in [0.4, 0.5) is 17.2 Å². The van der Waals surface area contributed by atoms with Crippen LogP contribution in [0.1, 0.15) is 51.8 Å². The van der Waals surface area contributed by atoms with E-state index in [9.17, 15) is 18.0 Å². The van der Waals surface area contributed by atoms with E-state index in [2.05, 4.69) is 20.9 Å². The molecule has 1 heterocycles. The van der Waals surface area contributed by atoms with Crippen LogP contribution in [0.5, 0.6) is 11.5 Å². The molecule has 5 N–H and O–H groups in total. The highest BCUT2D eigenvalue weighted by Gasteiger charge is 2.25. The van der Waals surface area contributed by atoms with E-state index in [4.69, 9.17) is 15.2 Å². The summed E-state index contributed by atoms with van der Waals surface area (Å²) < 4.78 is 37.5. The Kier molecular flexibility index (Phi) is 10.5. The van der Waals surface area contributed by atoms with Gasteiger partial charge in [-0.25, -0.2) is 13.4 Å². The number of benzene rings is 3. The highest BCUT2D eigenvalue weighted by Crippen LogP contribution is 2.34. The van der Waals surface area contributed by atoms with E-state index in [1.54, 1.807) is 37.4 Å². The van der Waals surface area contributed by atoms with Crippen LogP contribution in [-0.4, -0.2) is 43.7 Å². The Morgan fingerprint density at radius 2 is 1.71 bits per heavy atom. The van der Waals surface area contributed by atoms with Gasteiger partial charge in [-0.2, -0.15) is 0 Å². The second kappa shape index (κ2) is 14.3. The monoisotopic (exact) mass is 633 g/mol. The maximum atomic E-state index is 14.0. The molecule has 0 aliphatic carbocycles. The van der Waals surface area contributed by atoms with E-state index in [0.29, 0.717) is 46.4 Å². The third-order valence-corrected chi connectivity index (χ3v) is 8.71. The lowest BCUT2D eigenvalue weighted by Crippen LogP contribution is -2.33. The van der Waals surface area contributed by atoms with Gasteiger partial charge >= 0.3 is 0 Å². The number of nitrogen functional groups attached to an aromatic ring is 1. The minimum absolute atomic E-state index is 0.0819. The number of hydrogen-bond acceptors (Lipinski definition) is 9. The summed E-state index contributed by atoms with van der Waals surface area (Å²) in [6.45, 7) is 8.89. The molecule has 0 saturated heterocycles. The molecule has 0 spiro atoms. The minimum atomic E-state index is -3.62. The highest BCUT2D eigenvalue weighted by atomic mass is 32.2. The van der Waals surface area contributed by atoms with Gasteiger partial charge in [-0.15, -0.1) is 0 Å². The molecule has 4 rings (SSSR count). The Labute approximate surface area is 263 Å². The lowest BCUT2D eigenvalue weighted by Gasteiger charge is -2.23. The van der Waals surface area contributed by atoms with E-state index < -0.39 is 21.8 Å². The number of nitrogens with one attached hydrogen (secondary N) is 3. The predicted octanol–water partition coefficient (Wildman–Crippen LogP) is 5.22. The summed E-state index contributed by atoms with van der Waals surface area (Å²) >= 11 is 0. The molecule has 2 amide bonds. The van der Waals surface area contributed by atoms with E-state index >= 15 is 0 Å². The number of nitrogens with two attached hydrogens (primary N) is 1. The van der Waals surface area contributed by atoms with E-state index in [1.165, 1.54) is 19.1 Å². The van der Waals surface area contributed by atoms with Crippen molar-refractivity contribution in [2.24, 2.45) is 0 Å². The minimum Gasteiger partial charge on any atom is -0.490 e. The molecule has 238 valence electrons. The van der Waals surface area contributed by atoms with Crippen molar-refractivity contribution in [3.8, 4) is 11.5 Å². The Balaban J connectivity index is 1.72. The number of carbonyl (C=O) groups excluding carboxylic acids is 2. The second-order valence-corrected chi connectivity index (χ2v) is 12.9. The van der Waals surface area contributed by atoms with Crippen LogP contribution in [0.25, 0.3) is 10.8 Å². The van der Waals surface area contributed by atoms with Gasteiger partial charge in [0.25, 0.3) is 0 Å². The Morgan fingerprint density at radius 1 is 0.956 bits per heavy atom. The number of nitrogens with zero attached hydrogens (tertiary/aromatic N) is 1. The molecular weight excluding hydrogens is 594 g/mol. The first-order valence-corrected chi connectivity index (χ1v) is 16.3. The van der Waals surface area contributed by atoms with E-state index in [-0.39, 0.29) is 29.2 Å². The predicted molar refractivity (Wildman–Crippen MR) is 176 cm³/mol. The van der Waals surface area contributed by atoms with Gasteiger partial charge in [0, 0.05) is 36.4 Å². The second-order valence-electron chi connectivity index (χ2n) is 10.6. The third-order valence-electron chi connectivity index (χ3n) is 6.88. The van der Waals surface area contributed by atoms with Crippen LogP contribution in [0.2, 0.25) is 0 Å². The Hall–Kier alpha value is -4.84. The number of amides is 2. The van der Waals surface area contributed by atoms with Crippen molar-refractivity contribution in [1.82, 2.24) is 10.3 Å². The maximum absolute atomic E-state index is 14.0. The largest absolute Gasteiger partial charge is 0.490 e. The lowest BCUT2D eigenvalue weighted by atomic mass is 10.0. The molecule has 45 heavy (non-hydrogen) atoms. The summed E-state index contributed by atoms with van der Waals surface area (Å²) in [6, 6.07) is 16.2. The van der Waals surface area contributed by atoms with Gasteiger partial charge < -0.3 is 31.2 Å². The van der Waals surface area contributed by atoms with Gasteiger partial charge in [0.2, 0.25) is 11.8 Å². The summed E-state index contributed by atoms with van der Waals surface area (Å²) in [6.07, 6.45) is 1.53. The molecule has 0 saturated carbocycles. The first-order valence-electron chi connectivity index (χ1n) is 14.7. The van der Waals surface area contributed by atoms with Crippen LogP contribution in [0, 0.1) is 0 Å². The normalized spacial score (nSPS) is 12.0. The molecule has 0 bridgehead atoms. The molecule has 11 nitrogen and oxygen atoms in total. The van der Waals surface area contributed by atoms with Crippen LogP contribution in [-0.2, 0) is 26.0 Å². The summed E-state index contributed by atoms with van der Waals surface area (Å²) in [5.74, 6) is 0.588. The molecule has 0 fully saturated rings. The van der Waals surface area contributed by atoms with Crippen LogP contribution >= 0.6 is 0 Å². The van der Waals surface area contributed by atoms with Crippen molar-refractivity contribution in [3.05, 3.63) is 78.0 Å². The van der Waals surface area contributed by atoms with Crippen LogP contribution in [0.3, 0.4) is 0 Å². The molecule has 1 unspecified atom stereocenters. The highest BCUT2D eigenvalue weighted by molar-refractivity contribution is 7.91. The van der Waals surface area contributed by atoms with Crippen molar-refractivity contribution in [3.63, 3.8) is 0 Å². The molecule has 1 atom stereocenters. The number of ether oxygens (including phenoxy) is 2. The van der Waals surface area contributed by atoms with Crippen molar-refractivity contribution in [1.29, 1.82) is 0 Å². The van der Waals surface area contributed by atoms with Crippen molar-refractivity contribution in [2.75, 3.05) is 28.7 Å². The van der Waals surface area contributed by atoms with Gasteiger partial charge in [0.15, 0.2) is 21.3 Å². The SMILES string of the molecule is CCOc1cc(C(Nc2ccc3c(N)nccc3c2)C(=O)NCc2cc(NC(C)=O)ccc2S(=O)(=O)CC)ccc1OC(C)C. The van der Waals surface area contributed by atoms with Crippen molar-refractivity contribution >= 4 is 49.6 Å². The third kappa shape index (κ3) is 8.21. The molecule has 3 aromatic carbocycles. The zero-order valence-corrected chi connectivity index (χ0v) is 26.8. The number of carbonyl (C=O) groups is 2. The molecule has 12 heteroatoms. The molecule has 0 radical (unpaired) electrons. The standard InChI is InChI=1S/C33H39N5O6S/c1-6-43-29-18-23(8-12-28(29)44-20(3)4)31(38-26-9-11-27-22(16-26)14-15-35-32(27)34)33(40)36-19-24-17-25(37-21(5)39)10-13-30(24)45(41,42)7-2/h8-18,20,31,38H,6-7,19H2,1-5H3,(H2,34,35)(H,36,40)(H,37,39).